The summed E-state index contributed by atoms with van der Waals surface area (Å²) in [5, 5.41) is 12.3. The van der Waals surface area contributed by atoms with E-state index in [9.17, 15) is 13.5 Å². The number of aliphatic hydroxyl groups is 1. The van der Waals surface area contributed by atoms with E-state index in [-0.39, 0.29) is 10.5 Å². The highest BCUT2D eigenvalue weighted by molar-refractivity contribution is 7.91. The van der Waals surface area contributed by atoms with Crippen LogP contribution in [0.3, 0.4) is 0 Å². The quantitative estimate of drug-likeness (QED) is 0.610. The maximum absolute atomic E-state index is 12.6. The molecule has 2 heterocycles. The Labute approximate surface area is 158 Å². The van der Waals surface area contributed by atoms with Crippen LogP contribution >= 0.6 is 22.9 Å². The van der Waals surface area contributed by atoms with Crippen LogP contribution in [0.1, 0.15) is 39.5 Å². The Morgan fingerprint density at radius 1 is 1.48 bits per heavy atom. The van der Waals surface area contributed by atoms with Crippen molar-refractivity contribution in [3.63, 3.8) is 0 Å². The van der Waals surface area contributed by atoms with Crippen molar-refractivity contribution in [3.05, 3.63) is 17.5 Å². The summed E-state index contributed by atoms with van der Waals surface area (Å²) < 4.78 is 38.9. The summed E-state index contributed by atoms with van der Waals surface area (Å²) in [4.78, 5) is -0.919. The monoisotopic (exact) mass is 411 g/mol. The summed E-state index contributed by atoms with van der Waals surface area (Å²) in [6.45, 7) is 4.86. The number of nitrogens with one attached hydrogen (secondary N) is 1. The van der Waals surface area contributed by atoms with Gasteiger partial charge in [-0.15, -0.1) is 22.9 Å². The molecule has 0 aliphatic carbocycles. The fourth-order valence-corrected chi connectivity index (χ4v) is 5.30. The first kappa shape index (κ1) is 21.1. The average molecular weight is 412 g/mol. The van der Waals surface area contributed by atoms with Gasteiger partial charge in [-0.3, -0.25) is 0 Å². The lowest BCUT2D eigenvalue weighted by Crippen LogP contribution is -2.54. The number of sulfonamides is 1. The third-order valence-electron chi connectivity index (χ3n) is 4.36. The molecule has 9 heteroatoms. The molecule has 1 aliphatic rings. The zero-order valence-corrected chi connectivity index (χ0v) is 16.9. The van der Waals surface area contributed by atoms with Gasteiger partial charge in [-0.2, -0.15) is 0 Å². The van der Waals surface area contributed by atoms with E-state index in [0.29, 0.717) is 32.5 Å². The predicted octanol–water partition coefficient (Wildman–Crippen LogP) is 2.71. The van der Waals surface area contributed by atoms with Gasteiger partial charge in [0, 0.05) is 6.42 Å². The number of halogens is 1. The fraction of sp³-hybridized carbons (Fsp3) is 0.750. The second-order valence-electron chi connectivity index (χ2n) is 6.33. The fourth-order valence-electron chi connectivity index (χ4n) is 2.64. The number of hydrogen-bond acceptors (Lipinski definition) is 6. The van der Waals surface area contributed by atoms with Gasteiger partial charge in [0.25, 0.3) is 0 Å². The van der Waals surface area contributed by atoms with E-state index in [2.05, 4.69) is 4.72 Å². The molecule has 1 aliphatic heterocycles. The van der Waals surface area contributed by atoms with E-state index >= 15 is 0 Å². The lowest BCUT2D eigenvalue weighted by atomic mass is 9.92. The Kier molecular flexibility index (Phi) is 7.69. The molecule has 0 bridgehead atoms. The van der Waals surface area contributed by atoms with E-state index in [1.54, 1.807) is 18.4 Å². The first-order chi connectivity index (χ1) is 11.8. The molecule has 0 radical (unpaired) electrons. The smallest absolute Gasteiger partial charge is 0.250 e. The zero-order valence-electron chi connectivity index (χ0n) is 14.5. The summed E-state index contributed by atoms with van der Waals surface area (Å²) in [6, 6.07) is 2.37. The molecule has 3 atom stereocenters. The minimum absolute atomic E-state index is 0.201. The Bertz CT molecular complexity index is 614. The van der Waals surface area contributed by atoms with Gasteiger partial charge >= 0.3 is 0 Å². The SMILES string of the molecule is CC[C@](C)(Cl)[C@@H](NS(=O)(=O)c1cccs1)[C@@H](O)CCC1OCCCO1. The van der Waals surface area contributed by atoms with Gasteiger partial charge in [0.05, 0.1) is 30.2 Å². The highest BCUT2D eigenvalue weighted by atomic mass is 35.5. The molecule has 1 aromatic rings. The summed E-state index contributed by atoms with van der Waals surface area (Å²) in [7, 11) is -3.74. The van der Waals surface area contributed by atoms with E-state index in [1.807, 2.05) is 6.92 Å². The van der Waals surface area contributed by atoms with Crippen LogP contribution in [0, 0.1) is 0 Å². The second kappa shape index (κ2) is 9.12. The van der Waals surface area contributed by atoms with Crippen LogP contribution in [0.4, 0.5) is 0 Å². The van der Waals surface area contributed by atoms with Crippen molar-refractivity contribution in [2.45, 2.75) is 67.0 Å². The molecule has 2 rings (SSSR count). The molecule has 0 saturated carbocycles. The Morgan fingerprint density at radius 2 is 2.16 bits per heavy atom. The van der Waals surface area contributed by atoms with Crippen LogP contribution in [0.2, 0.25) is 0 Å². The first-order valence-electron chi connectivity index (χ1n) is 8.42. The van der Waals surface area contributed by atoms with Gasteiger partial charge in [0.1, 0.15) is 4.21 Å². The van der Waals surface area contributed by atoms with Gasteiger partial charge in [-0.05, 0) is 37.6 Å². The maximum atomic E-state index is 12.6. The molecule has 25 heavy (non-hydrogen) atoms. The van der Waals surface area contributed by atoms with E-state index in [0.717, 1.165) is 17.8 Å². The molecule has 0 unspecified atom stereocenters. The Balaban J connectivity index is 2.07. The van der Waals surface area contributed by atoms with E-state index < -0.39 is 27.0 Å². The summed E-state index contributed by atoms with van der Waals surface area (Å²) in [5.41, 5.74) is 0. The van der Waals surface area contributed by atoms with Crippen molar-refractivity contribution >= 4 is 33.0 Å². The van der Waals surface area contributed by atoms with Crippen molar-refractivity contribution < 1.29 is 23.0 Å². The lowest BCUT2D eigenvalue weighted by molar-refractivity contribution is -0.184. The molecule has 1 saturated heterocycles. The predicted molar refractivity (Wildman–Crippen MR) is 98.5 cm³/mol. The van der Waals surface area contributed by atoms with Crippen LogP contribution in [0.5, 0.6) is 0 Å². The molecule has 144 valence electrons. The number of rotatable bonds is 9. The summed E-state index contributed by atoms with van der Waals surface area (Å²) >= 11 is 7.65. The van der Waals surface area contributed by atoms with Gasteiger partial charge in [-0.25, -0.2) is 13.1 Å². The lowest BCUT2D eigenvalue weighted by Gasteiger charge is -2.35. The molecule has 2 N–H and O–H groups in total. The Hall–Kier alpha value is -0.220. The largest absolute Gasteiger partial charge is 0.391 e. The minimum Gasteiger partial charge on any atom is -0.391 e. The van der Waals surface area contributed by atoms with Crippen molar-refractivity contribution in [1.29, 1.82) is 0 Å². The minimum atomic E-state index is -3.74. The van der Waals surface area contributed by atoms with Crippen LogP contribution in [0.25, 0.3) is 0 Å². The molecule has 0 aromatic carbocycles. The Morgan fingerprint density at radius 3 is 2.72 bits per heavy atom. The molecule has 1 fully saturated rings. The van der Waals surface area contributed by atoms with E-state index in [1.165, 1.54) is 6.07 Å². The van der Waals surface area contributed by atoms with Crippen molar-refractivity contribution in [2.75, 3.05) is 13.2 Å². The third-order valence-corrected chi connectivity index (χ3v) is 7.70. The normalized spacial score (nSPS) is 21.6. The maximum Gasteiger partial charge on any atom is 0.250 e. The van der Waals surface area contributed by atoms with E-state index in [4.69, 9.17) is 21.1 Å². The number of aliphatic hydroxyl groups excluding tert-OH is 1. The summed E-state index contributed by atoms with van der Waals surface area (Å²) in [6.07, 6.45) is 0.851. The first-order valence-corrected chi connectivity index (χ1v) is 11.2. The second-order valence-corrected chi connectivity index (χ2v) is 10.1. The molecule has 0 spiro atoms. The van der Waals surface area contributed by atoms with Gasteiger partial charge < -0.3 is 14.6 Å². The molecular formula is C16H26ClNO5S2. The van der Waals surface area contributed by atoms with Crippen molar-refractivity contribution in [3.8, 4) is 0 Å². The van der Waals surface area contributed by atoms with Gasteiger partial charge in [0.15, 0.2) is 6.29 Å². The zero-order chi connectivity index (χ0) is 18.5. The summed E-state index contributed by atoms with van der Waals surface area (Å²) in [5.74, 6) is 0. The average Bonchev–Trinajstić information content (AvgIpc) is 3.14. The molecule has 0 amide bonds. The topological polar surface area (TPSA) is 84.9 Å². The number of hydrogen-bond donors (Lipinski definition) is 2. The standard InChI is InChI=1S/C16H26ClNO5S2/c1-3-16(2,17)15(18-25(20,21)14-6-4-11-24-14)12(19)7-8-13-22-9-5-10-23-13/h4,6,11-13,15,18-19H,3,5,7-10H2,1-2H3/t12-,15-,16-/m0/s1. The van der Waals surface area contributed by atoms with Crippen LogP contribution < -0.4 is 4.72 Å². The van der Waals surface area contributed by atoms with Crippen LogP contribution in [-0.2, 0) is 19.5 Å². The third kappa shape index (κ3) is 5.89. The van der Waals surface area contributed by atoms with Crippen molar-refractivity contribution in [2.24, 2.45) is 0 Å². The van der Waals surface area contributed by atoms with Crippen molar-refractivity contribution in [1.82, 2.24) is 4.72 Å². The number of alkyl halides is 1. The van der Waals surface area contributed by atoms with Gasteiger partial charge in [-0.1, -0.05) is 13.0 Å². The molecular weight excluding hydrogens is 386 g/mol. The van der Waals surface area contributed by atoms with Gasteiger partial charge in [0.2, 0.25) is 10.0 Å². The highest BCUT2D eigenvalue weighted by Crippen LogP contribution is 2.29. The molecule has 6 nitrogen and oxygen atoms in total. The number of ether oxygens (including phenoxy) is 2. The highest BCUT2D eigenvalue weighted by Gasteiger charge is 2.39. The molecule has 1 aromatic heterocycles. The van der Waals surface area contributed by atoms with Crippen LogP contribution in [-0.4, -0.2) is 50.0 Å². The number of thiophene rings is 1. The van der Waals surface area contributed by atoms with Crippen LogP contribution in [0.15, 0.2) is 21.7 Å².